The Bertz CT molecular complexity index is 7670. The molecule has 0 saturated carbocycles. The van der Waals surface area contributed by atoms with Gasteiger partial charge >= 0.3 is 17.9 Å². The number of rotatable bonds is 28. The number of hydrogen-bond acceptors (Lipinski definition) is 15. The van der Waals surface area contributed by atoms with Crippen molar-refractivity contribution in [2.75, 3.05) is 93.3 Å². The van der Waals surface area contributed by atoms with Crippen LogP contribution in [0.15, 0.2) is 132 Å². The fraction of sp³-hybridized carbons (Fsp3) is 0.339. The molecule has 0 unspecified atom stereocenters. The molecule has 3 aliphatic heterocycles. The Morgan fingerprint density at radius 1 is 0.390 bits per heavy atom. The van der Waals surface area contributed by atoms with Gasteiger partial charge in [-0.1, -0.05) is 104 Å². The Balaban J connectivity index is 0.000000157. The number of anilines is 4. The number of likely N-dealkylation sites (N-methyl/N-ethyl adjacent to an activating group) is 2. The van der Waals surface area contributed by atoms with Crippen LogP contribution in [0.3, 0.4) is 0 Å². The zero-order chi connectivity index (χ0) is 105. The van der Waals surface area contributed by atoms with Gasteiger partial charge in [-0.05, 0) is 308 Å². The first kappa shape index (κ1) is 106. The van der Waals surface area contributed by atoms with Crippen LogP contribution in [0, 0.1) is 83.1 Å². The predicted octanol–water partition coefficient (Wildman–Crippen LogP) is 25.2. The Morgan fingerprint density at radius 2 is 0.719 bits per heavy atom. The largest absolute Gasteiger partial charge is 0.494 e. The maximum Gasteiger partial charge on any atom is 0.337 e. The van der Waals surface area contributed by atoms with Crippen molar-refractivity contribution < 1.29 is 58.3 Å². The summed E-state index contributed by atoms with van der Waals surface area (Å²) in [5.74, 6) is -1.04. The molecule has 0 aliphatic carbocycles. The lowest BCUT2D eigenvalue weighted by Gasteiger charge is -2.26. The molecule has 34 heteroatoms. The number of halogens is 7. The third kappa shape index (κ3) is 21.2. The van der Waals surface area contributed by atoms with Crippen LogP contribution in [0.5, 0.6) is 17.2 Å². The van der Waals surface area contributed by atoms with E-state index >= 15 is 4.79 Å². The van der Waals surface area contributed by atoms with Gasteiger partial charge in [-0.15, -0.1) is 0 Å². The first-order chi connectivity index (χ1) is 69.5. The Hall–Kier alpha value is -12.6. The van der Waals surface area contributed by atoms with Gasteiger partial charge in [0.05, 0.1) is 85.2 Å². The molecule has 3 amide bonds. The first-order valence-electron chi connectivity index (χ1n) is 48.7. The number of hydrogen-bond donors (Lipinski definition) is 3. The van der Waals surface area contributed by atoms with Gasteiger partial charge in [0.2, 0.25) is 0 Å². The van der Waals surface area contributed by atoms with Crippen LogP contribution < -0.4 is 33.8 Å². The van der Waals surface area contributed by atoms with Crippen LogP contribution >= 0.6 is 85.5 Å². The molecular weight excluding hydrogens is 2040 g/mol. The molecule has 0 atom stereocenters. The number of pyridine rings is 1. The number of carbonyl (C=O) groups is 6. The van der Waals surface area contributed by atoms with E-state index in [0.29, 0.717) is 177 Å². The second-order valence-electron chi connectivity index (χ2n) is 38.3. The summed E-state index contributed by atoms with van der Waals surface area (Å²) in [5, 5.41) is 50.1. The molecule has 7 aromatic heterocycles. The number of nitrogens with zero attached hydrogens (tertiary/aromatic N) is 15. The van der Waals surface area contributed by atoms with Gasteiger partial charge in [-0.2, -0.15) is 15.3 Å². The number of carboxylic acid groups (broad SMARTS) is 3. The van der Waals surface area contributed by atoms with Crippen LogP contribution in [0.4, 0.5) is 22.9 Å². The maximum atomic E-state index is 15.1. The highest BCUT2D eigenvalue weighted by Crippen LogP contribution is 2.49. The molecule has 0 radical (unpaired) electrons. The molecule has 0 bridgehead atoms. The summed E-state index contributed by atoms with van der Waals surface area (Å²) >= 11 is 43.6. The molecule has 146 heavy (non-hydrogen) atoms. The van der Waals surface area contributed by atoms with Crippen LogP contribution in [0.2, 0.25) is 30.1 Å². The van der Waals surface area contributed by atoms with Crippen LogP contribution in [-0.2, 0) is 60.0 Å². The van der Waals surface area contributed by atoms with E-state index < -0.39 is 17.9 Å². The van der Waals surface area contributed by atoms with E-state index in [0.717, 1.165) is 195 Å². The van der Waals surface area contributed by atoms with Crippen molar-refractivity contribution in [3.8, 4) is 50.6 Å². The third-order valence-electron chi connectivity index (χ3n) is 28.0. The van der Waals surface area contributed by atoms with Gasteiger partial charge in [0.15, 0.2) is 0 Å². The van der Waals surface area contributed by atoms with Crippen LogP contribution in [0.1, 0.15) is 185 Å². The maximum absolute atomic E-state index is 15.1. The second-order valence-corrected chi connectivity index (χ2v) is 41.6. The molecule has 18 rings (SSSR count). The van der Waals surface area contributed by atoms with Crippen molar-refractivity contribution in [3.05, 3.63) is 280 Å². The highest BCUT2D eigenvalue weighted by molar-refractivity contribution is 9.10. The van der Waals surface area contributed by atoms with Gasteiger partial charge in [0.25, 0.3) is 17.7 Å². The van der Waals surface area contributed by atoms with Gasteiger partial charge in [0.1, 0.15) is 40.1 Å². The van der Waals surface area contributed by atoms with E-state index in [1.807, 2.05) is 223 Å². The van der Waals surface area contributed by atoms with Crippen molar-refractivity contribution >= 4 is 177 Å². The number of amides is 3. The summed E-state index contributed by atoms with van der Waals surface area (Å²) in [6.45, 7) is 29.6. The van der Waals surface area contributed by atoms with E-state index in [2.05, 4.69) is 49.7 Å². The number of benzene rings is 8. The SMILES string of the molecule is Cc1cc(OCCCc2c3n(c4c(-c5c(C)nn(C)c5C)c(Cl)ccc24)CCCN(c2cc(Br)cc(C(=O)O)c2)C3=O)cc(C)c1Cl.Cc1cc(OCCCc2c3n(c4c(-c5c(C)nn(C)c5C)c(Cl)ccc24)CCCN(c2cc(C(=O)O)cc(N(C)CCN(C)C)c2)C3=O)cc(C)c1Cl.Cc1cc(OCCCc2c3n(c4c(-c5c(C)nn(C)c5C)c(Cl)ccc24)CCCN(c2ccc(C(=O)O)cn2)C3=O)cc(C)c1Cl. The van der Waals surface area contributed by atoms with Crippen molar-refractivity contribution in [3.63, 3.8) is 0 Å². The van der Waals surface area contributed by atoms with E-state index in [1.165, 1.54) is 18.3 Å². The topological polar surface area (TPSA) is 288 Å². The highest BCUT2D eigenvalue weighted by atomic mass is 79.9. The lowest BCUT2D eigenvalue weighted by atomic mass is 9.98. The molecule has 15 aromatic rings. The number of fused-ring (bicyclic) bond motifs is 9. The molecule has 0 fully saturated rings. The van der Waals surface area contributed by atoms with E-state index in [9.17, 15) is 39.3 Å². The predicted molar refractivity (Wildman–Crippen MR) is 587 cm³/mol. The summed E-state index contributed by atoms with van der Waals surface area (Å²) in [7, 11) is 11.7. The Kier molecular flexibility index (Phi) is 32.1. The number of aryl methyl sites for hydroxylation is 18. The van der Waals surface area contributed by atoms with E-state index in [1.54, 1.807) is 45.0 Å². The summed E-state index contributed by atoms with van der Waals surface area (Å²) < 4.78 is 31.0. The lowest BCUT2D eigenvalue weighted by Crippen LogP contribution is -2.32. The number of aromatic carboxylic acids is 3. The lowest BCUT2D eigenvalue weighted by molar-refractivity contribution is 0.0685. The van der Waals surface area contributed by atoms with Crippen molar-refractivity contribution in [1.29, 1.82) is 0 Å². The smallest absolute Gasteiger partial charge is 0.337 e. The van der Waals surface area contributed by atoms with Crippen molar-refractivity contribution in [2.24, 2.45) is 21.1 Å². The Labute approximate surface area is 887 Å². The van der Waals surface area contributed by atoms with E-state index in [-0.39, 0.29) is 34.4 Å². The molecular formula is C112H118BrCl6N15O12. The average molecular weight is 2160 g/mol. The molecule has 3 aliphatic rings. The molecule has 27 nitrogen and oxygen atoms in total. The minimum atomic E-state index is -1.07. The van der Waals surface area contributed by atoms with Crippen LogP contribution in [-0.4, -0.2) is 178 Å². The summed E-state index contributed by atoms with van der Waals surface area (Å²) in [6, 6.07) is 36.5. The number of aromatic nitrogens is 10. The average Bonchev–Trinajstić information content (AvgIpc) is 1.57. The summed E-state index contributed by atoms with van der Waals surface area (Å²) in [4.78, 5) is 93.6. The summed E-state index contributed by atoms with van der Waals surface area (Å²) in [5.41, 5.74) is 26.1. The van der Waals surface area contributed by atoms with Crippen molar-refractivity contribution in [2.45, 2.75) is 161 Å². The molecule has 3 N–H and O–H groups in total. The van der Waals surface area contributed by atoms with Gasteiger partial charge in [0, 0.05) is 190 Å². The van der Waals surface area contributed by atoms with Crippen LogP contribution in [0.25, 0.3) is 66.1 Å². The molecule has 0 spiro atoms. The monoisotopic (exact) mass is 2150 g/mol. The van der Waals surface area contributed by atoms with Gasteiger partial charge in [-0.25, -0.2) is 19.4 Å². The fourth-order valence-electron chi connectivity index (χ4n) is 20.7. The third-order valence-corrected chi connectivity index (χ3v) is 31.2. The molecule has 8 aromatic carbocycles. The Morgan fingerprint density at radius 3 is 1.03 bits per heavy atom. The zero-order valence-corrected chi connectivity index (χ0v) is 91.3. The minimum Gasteiger partial charge on any atom is -0.494 e. The quantitative estimate of drug-likeness (QED) is 0.0384. The van der Waals surface area contributed by atoms with Gasteiger partial charge in [-0.3, -0.25) is 33.3 Å². The molecule has 10 heterocycles. The number of carbonyl (C=O) groups excluding carboxylic acids is 3. The summed E-state index contributed by atoms with van der Waals surface area (Å²) in [6.07, 6.45) is 6.97. The van der Waals surface area contributed by atoms with Crippen molar-refractivity contribution in [1.82, 2.24) is 52.9 Å². The number of carboxylic acids is 3. The van der Waals surface area contributed by atoms with Gasteiger partial charge < -0.3 is 62.8 Å². The normalized spacial score (nSPS) is 13.2. The van der Waals surface area contributed by atoms with E-state index in [4.69, 9.17) is 88.9 Å². The molecule has 762 valence electrons. The highest BCUT2D eigenvalue weighted by Gasteiger charge is 2.39. The molecule has 0 saturated heterocycles. The number of ether oxygens (including phenoxy) is 3. The minimum absolute atomic E-state index is 0.0633. The second kappa shape index (κ2) is 44.2. The zero-order valence-electron chi connectivity index (χ0n) is 85.1. The first-order valence-corrected chi connectivity index (χ1v) is 51.7. The fourth-order valence-corrected chi connectivity index (χ4v) is 22.3. The standard InChI is InChI=1S/C41H48Cl2N6O4.C36H35BrCl2N4O4.C35H35Cl2N5O4/c1-24-19-31(20-25(2)37(24)43)53-18-9-11-32-33-12-13-34(42)36(35-26(3)44-47(8)27(35)4)38(33)49-15-10-14-48(40(50)39(32)49)30-22-28(41(51)52)21-29(23-30)46(7)17-16-45(5)6;1-19-14-26(15-20(2)32(19)39)47-13-6-8-27-28-9-10-29(38)31(30-21(3)40-41(5)22(30)4)33(28)43-12-7-11-42(35(44)34(27)43)25-17-23(36(45)46)16-24(37)18-25;1-19-16-24(17-20(2)31(19)37)46-15-6-8-25-26-10-11-27(36)30(29-21(3)39-40(5)22(29)4)32(26)42-14-7-13-41(34(43)33(25)42)28-12-9-23(18-38-28)35(44)45/h12-13,19-23H,9-11,14-18H2,1-8H3,(H,51,52);9-10,14-18H,6-8,11-13H2,1-5H3,(H,45,46);9-12,16-18H,6-8,13-15H2,1-5H3,(H,44,45).